The van der Waals surface area contributed by atoms with E-state index in [1.165, 1.54) is 20.9 Å². The summed E-state index contributed by atoms with van der Waals surface area (Å²) in [5.41, 5.74) is 0. The first-order chi connectivity index (χ1) is 12.3. The van der Waals surface area contributed by atoms with E-state index in [0.29, 0.717) is 52.2 Å². The van der Waals surface area contributed by atoms with E-state index >= 15 is 0 Å². The molecule has 0 aromatic carbocycles. The molecule has 1 aromatic heterocycles. The summed E-state index contributed by atoms with van der Waals surface area (Å²) in [6.45, 7) is 1.89. The van der Waals surface area contributed by atoms with Crippen LogP contribution in [0.3, 0.4) is 0 Å². The van der Waals surface area contributed by atoms with E-state index in [1.807, 2.05) is 0 Å². The molecule has 2 fully saturated rings. The van der Waals surface area contributed by atoms with Crippen molar-refractivity contribution in [2.24, 2.45) is 5.14 Å². The van der Waals surface area contributed by atoms with Crippen LogP contribution >= 0.6 is 0 Å². The van der Waals surface area contributed by atoms with Gasteiger partial charge in [-0.1, -0.05) is 0 Å². The number of sulfonamides is 1. The minimum atomic E-state index is -3.70. The van der Waals surface area contributed by atoms with E-state index in [-0.39, 0.29) is 17.0 Å². The third-order valence-corrected chi connectivity index (χ3v) is 7.24. The third kappa shape index (κ3) is 4.47. The van der Waals surface area contributed by atoms with Gasteiger partial charge in [-0.25, -0.2) is 18.5 Å². The molecule has 2 saturated heterocycles. The summed E-state index contributed by atoms with van der Waals surface area (Å²) in [5, 5.41) is 8.13. The van der Waals surface area contributed by atoms with E-state index in [2.05, 4.69) is 15.3 Å². The Kier molecular flexibility index (Phi) is 5.74. The topological polar surface area (TPSA) is 148 Å². The van der Waals surface area contributed by atoms with Crippen molar-refractivity contribution in [2.75, 3.05) is 44.7 Å². The van der Waals surface area contributed by atoms with Crippen LogP contribution in [0.15, 0.2) is 17.3 Å². The van der Waals surface area contributed by atoms with Gasteiger partial charge < -0.3 is 10.1 Å². The van der Waals surface area contributed by atoms with Crippen molar-refractivity contribution < 1.29 is 21.6 Å². The number of anilines is 1. The summed E-state index contributed by atoms with van der Waals surface area (Å²) in [5.74, 6) is 0.202. The Morgan fingerprint density at radius 3 is 2.35 bits per heavy atom. The molecule has 0 aliphatic carbocycles. The van der Waals surface area contributed by atoms with Crippen LogP contribution in [0.1, 0.15) is 12.8 Å². The zero-order valence-corrected chi connectivity index (χ0v) is 15.7. The zero-order chi connectivity index (χ0) is 18.8. The maximum Gasteiger partial charge on any atom is 0.276 e. The molecule has 0 amide bonds. The molecular formula is C13H22N6O5S2. The average Bonchev–Trinajstić information content (AvgIpc) is 2.62. The molecule has 2 aliphatic heterocycles. The molecule has 146 valence electrons. The average molecular weight is 406 g/mol. The second kappa shape index (κ2) is 7.70. The number of nitrogens with one attached hydrogen (secondary N) is 1. The van der Waals surface area contributed by atoms with Crippen molar-refractivity contribution in [3.05, 3.63) is 12.3 Å². The lowest BCUT2D eigenvalue weighted by Crippen LogP contribution is -2.45. The second-order valence-electron chi connectivity index (χ2n) is 6.10. The van der Waals surface area contributed by atoms with Crippen LogP contribution in [-0.4, -0.2) is 80.8 Å². The highest BCUT2D eigenvalue weighted by Crippen LogP contribution is 2.18. The van der Waals surface area contributed by atoms with Gasteiger partial charge in [0.25, 0.3) is 20.2 Å². The molecule has 0 saturated carbocycles. The summed E-state index contributed by atoms with van der Waals surface area (Å²) in [6, 6.07) is 1.30. The second-order valence-corrected chi connectivity index (χ2v) is 9.53. The summed E-state index contributed by atoms with van der Waals surface area (Å²) in [6.07, 6.45) is 2.45. The number of hydrogen-bond acceptors (Lipinski definition) is 8. The highest BCUT2D eigenvalue weighted by Gasteiger charge is 2.29. The molecule has 0 radical (unpaired) electrons. The Morgan fingerprint density at radius 2 is 1.73 bits per heavy atom. The van der Waals surface area contributed by atoms with Gasteiger partial charge in [-0.05, 0) is 18.9 Å². The smallest absolute Gasteiger partial charge is 0.276 e. The maximum absolute atomic E-state index is 12.7. The Labute approximate surface area is 152 Å². The zero-order valence-electron chi connectivity index (χ0n) is 14.1. The van der Waals surface area contributed by atoms with Gasteiger partial charge in [-0.3, -0.25) is 0 Å². The van der Waals surface area contributed by atoms with Crippen molar-refractivity contribution in [1.29, 1.82) is 0 Å². The first-order valence-corrected chi connectivity index (χ1v) is 11.2. The van der Waals surface area contributed by atoms with Crippen LogP contribution in [0.5, 0.6) is 0 Å². The molecule has 13 heteroatoms. The maximum atomic E-state index is 12.7. The SMILES string of the molecule is NS(=O)(=O)N1CCC(Nc2nccc(S(=O)(=O)N3CCOCC3)n2)CC1. The number of hydrogen-bond donors (Lipinski definition) is 2. The third-order valence-electron chi connectivity index (χ3n) is 4.35. The highest BCUT2D eigenvalue weighted by molar-refractivity contribution is 7.89. The van der Waals surface area contributed by atoms with E-state index in [1.54, 1.807) is 0 Å². The number of aromatic nitrogens is 2. The van der Waals surface area contributed by atoms with Crippen molar-refractivity contribution in [2.45, 2.75) is 23.9 Å². The molecule has 0 bridgehead atoms. The van der Waals surface area contributed by atoms with Gasteiger partial charge in [0.1, 0.15) is 0 Å². The highest BCUT2D eigenvalue weighted by atomic mass is 32.2. The number of rotatable bonds is 5. The van der Waals surface area contributed by atoms with E-state index in [0.717, 1.165) is 0 Å². The minimum absolute atomic E-state index is 0.0608. The van der Waals surface area contributed by atoms with Crippen LogP contribution in [0.2, 0.25) is 0 Å². The molecule has 0 spiro atoms. The van der Waals surface area contributed by atoms with Crippen LogP contribution < -0.4 is 10.5 Å². The minimum Gasteiger partial charge on any atom is -0.379 e. The fourth-order valence-electron chi connectivity index (χ4n) is 2.91. The predicted octanol–water partition coefficient (Wildman–Crippen LogP) is -1.42. The molecule has 3 N–H and O–H groups in total. The van der Waals surface area contributed by atoms with Crippen LogP contribution in [0, 0.1) is 0 Å². The first-order valence-electron chi connectivity index (χ1n) is 8.22. The number of nitrogens with zero attached hydrogens (tertiary/aromatic N) is 4. The molecule has 3 heterocycles. The largest absolute Gasteiger partial charge is 0.379 e. The van der Waals surface area contributed by atoms with Gasteiger partial charge in [0.05, 0.1) is 13.2 Å². The van der Waals surface area contributed by atoms with Gasteiger partial charge >= 0.3 is 0 Å². The number of morpholine rings is 1. The monoisotopic (exact) mass is 406 g/mol. The van der Waals surface area contributed by atoms with Gasteiger partial charge in [-0.15, -0.1) is 0 Å². The lowest BCUT2D eigenvalue weighted by Gasteiger charge is -2.30. The van der Waals surface area contributed by atoms with Crippen LogP contribution in [0.4, 0.5) is 5.95 Å². The summed E-state index contributed by atoms with van der Waals surface area (Å²) in [4.78, 5) is 8.21. The van der Waals surface area contributed by atoms with Gasteiger partial charge in [0.15, 0.2) is 5.03 Å². The molecule has 3 rings (SSSR count). The first kappa shape index (κ1) is 19.4. The Hall–Kier alpha value is -1.38. The van der Waals surface area contributed by atoms with Crippen LogP contribution in [0.25, 0.3) is 0 Å². The standard InChI is InChI=1S/C13H22N6O5S2/c14-26(22,23)19-5-2-11(3-6-19)16-13-15-4-1-12(17-13)25(20,21)18-7-9-24-10-8-18/h1,4,11H,2-3,5-10H2,(H2,14,22,23)(H,15,16,17). The number of ether oxygens (including phenoxy) is 1. The molecular weight excluding hydrogens is 384 g/mol. The molecule has 2 aliphatic rings. The van der Waals surface area contributed by atoms with Gasteiger partial charge in [0, 0.05) is 38.4 Å². The summed E-state index contributed by atoms with van der Waals surface area (Å²) in [7, 11) is -7.38. The van der Waals surface area contributed by atoms with Crippen molar-refractivity contribution >= 4 is 26.2 Å². The lowest BCUT2D eigenvalue weighted by molar-refractivity contribution is 0.0729. The lowest BCUT2D eigenvalue weighted by atomic mass is 10.1. The number of piperidine rings is 1. The van der Waals surface area contributed by atoms with E-state index in [4.69, 9.17) is 9.88 Å². The van der Waals surface area contributed by atoms with E-state index in [9.17, 15) is 16.8 Å². The van der Waals surface area contributed by atoms with Crippen molar-refractivity contribution in [3.8, 4) is 0 Å². The molecule has 26 heavy (non-hydrogen) atoms. The molecule has 1 aromatic rings. The fourth-order valence-corrected chi connectivity index (χ4v) is 4.96. The van der Waals surface area contributed by atoms with Crippen molar-refractivity contribution in [1.82, 2.24) is 18.6 Å². The van der Waals surface area contributed by atoms with Gasteiger partial charge in [0.2, 0.25) is 5.95 Å². The predicted molar refractivity (Wildman–Crippen MR) is 92.9 cm³/mol. The molecule has 0 unspecified atom stereocenters. The van der Waals surface area contributed by atoms with Crippen molar-refractivity contribution in [3.63, 3.8) is 0 Å². The quantitative estimate of drug-likeness (QED) is 0.566. The normalized spacial score (nSPS) is 21.6. The summed E-state index contributed by atoms with van der Waals surface area (Å²) < 4.78 is 55.7. The van der Waals surface area contributed by atoms with Gasteiger partial charge in [-0.2, -0.15) is 22.0 Å². The molecule has 0 atom stereocenters. The Morgan fingerprint density at radius 1 is 1.08 bits per heavy atom. The van der Waals surface area contributed by atoms with E-state index < -0.39 is 20.2 Å². The Bertz CT molecular complexity index is 832. The van der Waals surface area contributed by atoms with Crippen LogP contribution in [-0.2, 0) is 25.0 Å². The Balaban J connectivity index is 1.66. The summed E-state index contributed by atoms with van der Waals surface area (Å²) >= 11 is 0. The fraction of sp³-hybridized carbons (Fsp3) is 0.692. The number of nitrogens with two attached hydrogens (primary N) is 1. The molecule has 11 nitrogen and oxygen atoms in total.